The lowest BCUT2D eigenvalue weighted by molar-refractivity contribution is -0.143. The van der Waals surface area contributed by atoms with Crippen LogP contribution in [0.2, 0.25) is 0 Å². The molecule has 1 aromatic rings. The van der Waals surface area contributed by atoms with Gasteiger partial charge < -0.3 is 25.0 Å². The molecule has 10 heteroatoms. The van der Waals surface area contributed by atoms with Crippen LogP contribution in [0.5, 0.6) is 5.75 Å². The Bertz CT molecular complexity index is 926. The Kier molecular flexibility index (Phi) is 10.4. The quantitative estimate of drug-likeness (QED) is 0.348. The SMILES string of the molecule is C#CCNC(=O)C(C#N)CC1SC(CCNc2cccc(OCC(=O)OC)c2)C(=O)N1CC. The van der Waals surface area contributed by atoms with Gasteiger partial charge in [-0.1, -0.05) is 12.0 Å². The van der Waals surface area contributed by atoms with Crippen LogP contribution in [-0.4, -0.2) is 66.7 Å². The molecular weight excluding hydrogens is 444 g/mol. The van der Waals surface area contributed by atoms with Crippen LogP contribution in [0.3, 0.4) is 0 Å². The minimum absolute atomic E-state index is 0.00480. The van der Waals surface area contributed by atoms with Gasteiger partial charge in [0.1, 0.15) is 11.7 Å². The maximum atomic E-state index is 12.8. The Morgan fingerprint density at radius 1 is 1.39 bits per heavy atom. The summed E-state index contributed by atoms with van der Waals surface area (Å²) in [5, 5.41) is 14.7. The van der Waals surface area contributed by atoms with Crippen LogP contribution < -0.4 is 15.4 Å². The zero-order valence-corrected chi connectivity index (χ0v) is 19.5. The number of rotatable bonds is 12. The highest BCUT2D eigenvalue weighted by Gasteiger charge is 2.40. The molecule has 2 amide bonds. The van der Waals surface area contributed by atoms with Crippen molar-refractivity contribution in [3.63, 3.8) is 0 Å². The smallest absolute Gasteiger partial charge is 0.343 e. The van der Waals surface area contributed by atoms with Gasteiger partial charge in [0.25, 0.3) is 0 Å². The summed E-state index contributed by atoms with van der Waals surface area (Å²) >= 11 is 1.48. The molecule has 2 rings (SSSR count). The minimum atomic E-state index is -0.873. The number of carbonyl (C=O) groups excluding carboxylic acids is 3. The summed E-state index contributed by atoms with van der Waals surface area (Å²) in [5.74, 6) is 1.09. The lowest BCUT2D eigenvalue weighted by Crippen LogP contribution is -2.38. The molecular formula is C23H28N4O5S. The van der Waals surface area contributed by atoms with Gasteiger partial charge in [-0.25, -0.2) is 4.79 Å². The van der Waals surface area contributed by atoms with Crippen LogP contribution in [0.25, 0.3) is 0 Å². The normalized spacial score (nSPS) is 18.1. The Labute approximate surface area is 198 Å². The molecule has 0 aromatic heterocycles. The standard InChI is InChI=1S/C23H28N4O5S/c1-4-10-26-22(29)16(14-24)12-20-27(5-2)23(30)19(33-20)9-11-25-17-7-6-8-18(13-17)32-15-21(28)31-3/h1,6-8,13,16,19-20,25H,5,9-12,15H2,2-3H3,(H,26,29). The fourth-order valence-electron chi connectivity index (χ4n) is 3.31. The summed E-state index contributed by atoms with van der Waals surface area (Å²) in [7, 11) is 1.30. The molecule has 33 heavy (non-hydrogen) atoms. The second-order valence-electron chi connectivity index (χ2n) is 7.15. The van der Waals surface area contributed by atoms with Crippen LogP contribution in [-0.2, 0) is 19.1 Å². The van der Waals surface area contributed by atoms with Gasteiger partial charge in [-0.15, -0.1) is 18.2 Å². The highest BCUT2D eigenvalue weighted by atomic mass is 32.2. The monoisotopic (exact) mass is 472 g/mol. The van der Waals surface area contributed by atoms with Gasteiger partial charge in [-0.05, 0) is 25.5 Å². The lowest BCUT2D eigenvalue weighted by Gasteiger charge is -2.23. The molecule has 3 unspecified atom stereocenters. The fourth-order valence-corrected chi connectivity index (χ4v) is 4.90. The van der Waals surface area contributed by atoms with Crippen LogP contribution in [0.1, 0.15) is 19.8 Å². The van der Waals surface area contributed by atoms with Crippen LogP contribution in [0.4, 0.5) is 5.69 Å². The second kappa shape index (κ2) is 13.2. The number of anilines is 1. The average molecular weight is 473 g/mol. The van der Waals surface area contributed by atoms with Crippen molar-refractivity contribution in [3.05, 3.63) is 24.3 Å². The molecule has 176 valence electrons. The van der Waals surface area contributed by atoms with Crippen molar-refractivity contribution in [1.29, 1.82) is 5.26 Å². The van der Waals surface area contributed by atoms with E-state index in [4.69, 9.17) is 11.2 Å². The zero-order valence-electron chi connectivity index (χ0n) is 18.7. The maximum absolute atomic E-state index is 12.8. The molecule has 3 atom stereocenters. The molecule has 1 aliphatic rings. The third-order valence-electron chi connectivity index (χ3n) is 5.00. The molecule has 0 saturated carbocycles. The van der Waals surface area contributed by atoms with E-state index in [2.05, 4.69) is 21.3 Å². The highest BCUT2D eigenvalue weighted by Crippen LogP contribution is 2.37. The second-order valence-corrected chi connectivity index (χ2v) is 8.54. The molecule has 9 nitrogen and oxygen atoms in total. The summed E-state index contributed by atoms with van der Waals surface area (Å²) < 4.78 is 9.94. The summed E-state index contributed by atoms with van der Waals surface area (Å²) in [6.45, 7) is 2.81. The van der Waals surface area contributed by atoms with E-state index < -0.39 is 17.8 Å². The molecule has 1 aromatic carbocycles. The number of nitrogens with zero attached hydrogens (tertiary/aromatic N) is 2. The number of thioether (sulfide) groups is 1. The summed E-state index contributed by atoms with van der Waals surface area (Å²) in [6, 6.07) is 9.18. The number of amides is 2. The first kappa shape index (κ1) is 25.9. The van der Waals surface area contributed by atoms with Crippen molar-refractivity contribution in [3.8, 4) is 24.2 Å². The van der Waals surface area contributed by atoms with Crippen molar-refractivity contribution in [2.75, 3.05) is 38.7 Å². The molecule has 1 aliphatic heterocycles. The number of hydrogen-bond donors (Lipinski definition) is 2. The number of esters is 1. The fraction of sp³-hybridized carbons (Fsp3) is 0.478. The minimum Gasteiger partial charge on any atom is -0.482 e. The molecule has 1 heterocycles. The number of hydrogen-bond acceptors (Lipinski definition) is 8. The van der Waals surface area contributed by atoms with E-state index in [9.17, 15) is 19.6 Å². The van der Waals surface area contributed by atoms with E-state index in [1.165, 1.54) is 18.9 Å². The Balaban J connectivity index is 1.89. The topological polar surface area (TPSA) is 121 Å². The molecule has 0 bridgehead atoms. The van der Waals surface area contributed by atoms with Gasteiger partial charge in [0, 0.05) is 31.3 Å². The number of methoxy groups -OCH3 is 1. The zero-order chi connectivity index (χ0) is 24.2. The summed E-state index contributed by atoms with van der Waals surface area (Å²) in [6.07, 6.45) is 5.98. The van der Waals surface area contributed by atoms with E-state index in [-0.39, 0.29) is 36.1 Å². The van der Waals surface area contributed by atoms with Gasteiger partial charge in [0.15, 0.2) is 6.61 Å². The Morgan fingerprint density at radius 2 is 2.18 bits per heavy atom. The molecule has 0 spiro atoms. The van der Waals surface area contributed by atoms with Crippen LogP contribution in [0, 0.1) is 29.6 Å². The molecule has 1 fully saturated rings. The molecule has 0 aliphatic carbocycles. The first-order valence-corrected chi connectivity index (χ1v) is 11.5. The third-order valence-corrected chi connectivity index (χ3v) is 6.52. The molecule has 1 saturated heterocycles. The highest BCUT2D eigenvalue weighted by molar-refractivity contribution is 8.01. The average Bonchev–Trinajstić information content (AvgIpc) is 3.13. The number of carbonyl (C=O) groups is 3. The Hall–Kier alpha value is -3.37. The van der Waals surface area contributed by atoms with E-state index in [0.717, 1.165) is 5.69 Å². The first-order valence-electron chi connectivity index (χ1n) is 10.5. The van der Waals surface area contributed by atoms with E-state index in [0.29, 0.717) is 25.3 Å². The van der Waals surface area contributed by atoms with Crippen molar-refractivity contribution in [2.45, 2.75) is 30.4 Å². The number of nitrogens with one attached hydrogen (secondary N) is 2. The van der Waals surface area contributed by atoms with Gasteiger partial charge in [-0.3, -0.25) is 9.59 Å². The van der Waals surface area contributed by atoms with E-state index >= 15 is 0 Å². The van der Waals surface area contributed by atoms with E-state index in [1.54, 1.807) is 23.1 Å². The van der Waals surface area contributed by atoms with Gasteiger partial charge in [0.2, 0.25) is 11.8 Å². The number of benzene rings is 1. The van der Waals surface area contributed by atoms with Crippen LogP contribution >= 0.6 is 11.8 Å². The predicted molar refractivity (Wildman–Crippen MR) is 125 cm³/mol. The third kappa shape index (κ3) is 7.62. The lowest BCUT2D eigenvalue weighted by atomic mass is 10.1. The summed E-state index contributed by atoms with van der Waals surface area (Å²) in [5.41, 5.74) is 0.798. The molecule has 2 N–H and O–H groups in total. The van der Waals surface area contributed by atoms with E-state index in [1.807, 2.05) is 19.1 Å². The predicted octanol–water partition coefficient (Wildman–Crippen LogP) is 1.61. The maximum Gasteiger partial charge on any atom is 0.343 e. The van der Waals surface area contributed by atoms with Crippen molar-refractivity contribution >= 4 is 35.2 Å². The van der Waals surface area contributed by atoms with Crippen molar-refractivity contribution in [1.82, 2.24) is 10.2 Å². The Morgan fingerprint density at radius 3 is 2.85 bits per heavy atom. The number of terminal acetylenes is 1. The first-order chi connectivity index (χ1) is 15.9. The summed E-state index contributed by atoms with van der Waals surface area (Å²) in [4.78, 5) is 37.9. The van der Waals surface area contributed by atoms with Crippen LogP contribution in [0.15, 0.2) is 24.3 Å². The largest absolute Gasteiger partial charge is 0.482 e. The van der Waals surface area contributed by atoms with Crippen molar-refractivity contribution < 1.29 is 23.9 Å². The van der Waals surface area contributed by atoms with Gasteiger partial charge in [-0.2, -0.15) is 5.26 Å². The molecule has 0 radical (unpaired) electrons. The van der Waals surface area contributed by atoms with Crippen molar-refractivity contribution in [2.24, 2.45) is 5.92 Å². The van der Waals surface area contributed by atoms with Gasteiger partial charge in [0.05, 0.1) is 30.3 Å². The number of nitriles is 1. The van der Waals surface area contributed by atoms with Gasteiger partial charge >= 0.3 is 5.97 Å². The number of ether oxygens (including phenoxy) is 2.